The second-order valence-electron chi connectivity index (χ2n) is 6.11. The molecular weight excluding hydrogens is 330 g/mol. The monoisotopic (exact) mass is 353 g/mol. The number of carbonyl (C=O) groups is 1. The van der Waals surface area contributed by atoms with Crippen LogP contribution in [0.15, 0.2) is 48.5 Å². The van der Waals surface area contributed by atoms with Gasteiger partial charge in [-0.2, -0.15) is 0 Å². The van der Waals surface area contributed by atoms with Crippen molar-refractivity contribution >= 4 is 12.0 Å². The highest BCUT2D eigenvalue weighted by Gasteiger charge is 2.12. The molecule has 0 aromatic heterocycles. The van der Waals surface area contributed by atoms with E-state index in [2.05, 4.69) is 5.32 Å². The van der Waals surface area contributed by atoms with Crippen LogP contribution in [0.4, 0.5) is 0 Å². The van der Waals surface area contributed by atoms with Crippen LogP contribution < -0.4 is 19.5 Å². The van der Waals surface area contributed by atoms with Gasteiger partial charge in [0.1, 0.15) is 5.75 Å². The predicted molar refractivity (Wildman–Crippen MR) is 101 cm³/mol. The average Bonchev–Trinajstić information content (AvgIpc) is 3.12. The molecule has 0 fully saturated rings. The third-order valence-electron chi connectivity index (χ3n) is 3.98. The first-order valence-electron chi connectivity index (χ1n) is 8.76. The average molecular weight is 353 g/mol. The summed E-state index contributed by atoms with van der Waals surface area (Å²) in [5.74, 6) is 2.22. The standard InChI is InChI=1S/C21H23NO4/c1-16-4-8-18(9-5-16)24-13-3-2-12-22-21(23)11-7-17-6-10-19-20(14-17)26-15-25-19/h4-11,14H,2-3,12-13,15H2,1H3,(H,22,23)/b11-7+. The van der Waals surface area contributed by atoms with Crippen LogP contribution in [0.25, 0.3) is 6.08 Å². The minimum absolute atomic E-state index is 0.109. The van der Waals surface area contributed by atoms with Gasteiger partial charge in [-0.3, -0.25) is 4.79 Å². The Bertz CT molecular complexity index is 768. The Morgan fingerprint density at radius 3 is 2.77 bits per heavy atom. The number of carbonyl (C=O) groups excluding carboxylic acids is 1. The zero-order valence-corrected chi connectivity index (χ0v) is 14.9. The van der Waals surface area contributed by atoms with Crippen molar-refractivity contribution in [2.45, 2.75) is 19.8 Å². The fourth-order valence-electron chi connectivity index (χ4n) is 2.51. The topological polar surface area (TPSA) is 56.8 Å². The van der Waals surface area contributed by atoms with Crippen LogP contribution in [0, 0.1) is 6.92 Å². The van der Waals surface area contributed by atoms with Gasteiger partial charge in [0, 0.05) is 12.6 Å². The molecule has 136 valence electrons. The Labute approximate surface area is 153 Å². The lowest BCUT2D eigenvalue weighted by Crippen LogP contribution is -2.22. The Morgan fingerprint density at radius 1 is 1.12 bits per heavy atom. The maximum absolute atomic E-state index is 11.9. The Balaban J connectivity index is 1.31. The molecule has 3 rings (SSSR count). The zero-order valence-electron chi connectivity index (χ0n) is 14.9. The molecule has 2 aromatic carbocycles. The van der Waals surface area contributed by atoms with Crippen LogP contribution in [-0.2, 0) is 4.79 Å². The normalized spacial score (nSPS) is 12.3. The molecule has 1 amide bonds. The van der Waals surface area contributed by atoms with Crippen molar-refractivity contribution in [3.05, 3.63) is 59.7 Å². The van der Waals surface area contributed by atoms with Crippen molar-refractivity contribution in [3.63, 3.8) is 0 Å². The number of amides is 1. The van der Waals surface area contributed by atoms with Crippen LogP contribution in [0.5, 0.6) is 17.2 Å². The zero-order chi connectivity index (χ0) is 18.2. The summed E-state index contributed by atoms with van der Waals surface area (Å²) in [7, 11) is 0. The highest BCUT2D eigenvalue weighted by atomic mass is 16.7. The molecule has 0 saturated heterocycles. The second-order valence-corrected chi connectivity index (χ2v) is 6.11. The minimum atomic E-state index is -0.109. The summed E-state index contributed by atoms with van der Waals surface area (Å²) < 4.78 is 16.2. The van der Waals surface area contributed by atoms with Gasteiger partial charge in [0.25, 0.3) is 0 Å². The van der Waals surface area contributed by atoms with Gasteiger partial charge in [0.15, 0.2) is 11.5 Å². The molecule has 0 atom stereocenters. The Hall–Kier alpha value is -2.95. The van der Waals surface area contributed by atoms with Gasteiger partial charge in [-0.1, -0.05) is 23.8 Å². The van der Waals surface area contributed by atoms with Gasteiger partial charge < -0.3 is 19.5 Å². The highest BCUT2D eigenvalue weighted by Crippen LogP contribution is 2.32. The lowest BCUT2D eigenvalue weighted by atomic mass is 10.2. The van der Waals surface area contributed by atoms with Gasteiger partial charge >= 0.3 is 0 Å². The van der Waals surface area contributed by atoms with Crippen molar-refractivity contribution in [1.29, 1.82) is 0 Å². The molecule has 0 spiro atoms. The number of hydrogen-bond donors (Lipinski definition) is 1. The first kappa shape index (κ1) is 17.9. The lowest BCUT2D eigenvalue weighted by molar-refractivity contribution is -0.116. The lowest BCUT2D eigenvalue weighted by Gasteiger charge is -2.06. The number of nitrogens with one attached hydrogen (secondary N) is 1. The third-order valence-corrected chi connectivity index (χ3v) is 3.98. The summed E-state index contributed by atoms with van der Waals surface area (Å²) in [6.45, 7) is 3.57. The van der Waals surface area contributed by atoms with Crippen molar-refractivity contribution < 1.29 is 19.0 Å². The predicted octanol–water partition coefficient (Wildman–Crippen LogP) is 3.71. The molecule has 0 aliphatic carbocycles. The number of rotatable bonds is 8. The molecule has 1 N–H and O–H groups in total. The van der Waals surface area contributed by atoms with Gasteiger partial charge in [-0.05, 0) is 55.7 Å². The van der Waals surface area contributed by atoms with Crippen LogP contribution in [0.1, 0.15) is 24.0 Å². The SMILES string of the molecule is Cc1ccc(OCCCCNC(=O)/C=C/c2ccc3c(c2)OCO3)cc1. The van der Waals surface area contributed by atoms with Crippen molar-refractivity contribution in [2.75, 3.05) is 19.9 Å². The first-order valence-corrected chi connectivity index (χ1v) is 8.76. The van der Waals surface area contributed by atoms with E-state index in [0.29, 0.717) is 18.9 Å². The molecular formula is C21H23NO4. The van der Waals surface area contributed by atoms with Crippen molar-refractivity contribution in [2.24, 2.45) is 0 Å². The van der Waals surface area contributed by atoms with E-state index in [9.17, 15) is 4.79 Å². The molecule has 0 bridgehead atoms. The Kier molecular flexibility index (Phi) is 6.14. The molecule has 1 heterocycles. The summed E-state index contributed by atoms with van der Waals surface area (Å²) in [6.07, 6.45) is 5.05. The summed E-state index contributed by atoms with van der Waals surface area (Å²) in [5.41, 5.74) is 2.12. The summed E-state index contributed by atoms with van der Waals surface area (Å²) in [5, 5.41) is 2.87. The van der Waals surface area contributed by atoms with E-state index in [-0.39, 0.29) is 12.7 Å². The second kappa shape index (κ2) is 8.94. The largest absolute Gasteiger partial charge is 0.494 e. The molecule has 5 heteroatoms. The smallest absolute Gasteiger partial charge is 0.243 e. The number of ether oxygens (including phenoxy) is 3. The van der Waals surface area contributed by atoms with Crippen LogP contribution in [0.3, 0.4) is 0 Å². The summed E-state index contributed by atoms with van der Waals surface area (Å²) in [6, 6.07) is 13.6. The summed E-state index contributed by atoms with van der Waals surface area (Å²) in [4.78, 5) is 11.9. The summed E-state index contributed by atoms with van der Waals surface area (Å²) >= 11 is 0. The Morgan fingerprint density at radius 2 is 1.92 bits per heavy atom. The van der Waals surface area contributed by atoms with Gasteiger partial charge in [0.05, 0.1) is 6.61 Å². The van der Waals surface area contributed by atoms with Gasteiger partial charge in [-0.25, -0.2) is 0 Å². The quantitative estimate of drug-likeness (QED) is 0.581. The van der Waals surface area contributed by atoms with E-state index in [1.807, 2.05) is 49.4 Å². The molecule has 5 nitrogen and oxygen atoms in total. The van der Waals surface area contributed by atoms with E-state index in [0.717, 1.165) is 29.9 Å². The highest BCUT2D eigenvalue weighted by molar-refractivity contribution is 5.91. The van der Waals surface area contributed by atoms with Gasteiger partial charge in [-0.15, -0.1) is 0 Å². The number of benzene rings is 2. The molecule has 2 aromatic rings. The fourth-order valence-corrected chi connectivity index (χ4v) is 2.51. The van der Waals surface area contributed by atoms with Crippen molar-refractivity contribution in [1.82, 2.24) is 5.32 Å². The fraction of sp³-hybridized carbons (Fsp3) is 0.286. The molecule has 0 radical (unpaired) electrons. The molecule has 1 aliphatic rings. The van der Waals surface area contributed by atoms with E-state index >= 15 is 0 Å². The molecule has 0 unspecified atom stereocenters. The number of unbranched alkanes of at least 4 members (excludes halogenated alkanes) is 1. The van der Waals surface area contributed by atoms with E-state index < -0.39 is 0 Å². The van der Waals surface area contributed by atoms with Gasteiger partial charge in [0.2, 0.25) is 12.7 Å². The molecule has 1 aliphatic heterocycles. The van der Waals surface area contributed by atoms with Crippen LogP contribution in [-0.4, -0.2) is 25.9 Å². The number of hydrogen-bond acceptors (Lipinski definition) is 4. The molecule has 26 heavy (non-hydrogen) atoms. The maximum Gasteiger partial charge on any atom is 0.243 e. The maximum atomic E-state index is 11.9. The number of fused-ring (bicyclic) bond motifs is 1. The van der Waals surface area contributed by atoms with E-state index in [4.69, 9.17) is 14.2 Å². The first-order chi connectivity index (χ1) is 12.7. The van der Waals surface area contributed by atoms with E-state index in [1.165, 1.54) is 11.6 Å². The number of aryl methyl sites for hydroxylation is 1. The van der Waals surface area contributed by atoms with Crippen LogP contribution in [0.2, 0.25) is 0 Å². The molecule has 0 saturated carbocycles. The van der Waals surface area contributed by atoms with Crippen LogP contribution >= 0.6 is 0 Å². The minimum Gasteiger partial charge on any atom is -0.494 e. The van der Waals surface area contributed by atoms with Crippen molar-refractivity contribution in [3.8, 4) is 17.2 Å². The van der Waals surface area contributed by atoms with E-state index in [1.54, 1.807) is 6.08 Å². The third kappa shape index (κ3) is 5.28.